The van der Waals surface area contributed by atoms with Crippen LogP contribution in [-0.4, -0.2) is 25.0 Å². The first-order chi connectivity index (χ1) is 11.1. The van der Waals surface area contributed by atoms with Crippen molar-refractivity contribution in [3.8, 4) is 0 Å². The molecule has 0 saturated carbocycles. The summed E-state index contributed by atoms with van der Waals surface area (Å²) in [6.45, 7) is 2.11. The molecular formula is C18H19N3OS. The van der Waals surface area contributed by atoms with Crippen molar-refractivity contribution in [1.82, 2.24) is 4.98 Å². The highest BCUT2D eigenvalue weighted by atomic mass is 32.1. The lowest BCUT2D eigenvalue weighted by molar-refractivity contribution is 0.102. The van der Waals surface area contributed by atoms with Gasteiger partial charge in [0, 0.05) is 25.3 Å². The molecule has 5 heteroatoms. The normalized spacial score (nSPS) is 10.7. The first kappa shape index (κ1) is 15.5. The van der Waals surface area contributed by atoms with E-state index in [-0.39, 0.29) is 5.91 Å². The van der Waals surface area contributed by atoms with Gasteiger partial charge in [-0.15, -0.1) is 0 Å². The average molecular weight is 325 g/mol. The molecule has 0 spiro atoms. The summed E-state index contributed by atoms with van der Waals surface area (Å²) in [5.41, 5.74) is 3.88. The summed E-state index contributed by atoms with van der Waals surface area (Å²) >= 11 is 1.51. The molecule has 118 valence electrons. The van der Waals surface area contributed by atoms with E-state index in [1.165, 1.54) is 16.9 Å². The zero-order valence-electron chi connectivity index (χ0n) is 13.5. The van der Waals surface area contributed by atoms with Crippen LogP contribution >= 0.6 is 11.3 Å². The van der Waals surface area contributed by atoms with Crippen molar-refractivity contribution < 1.29 is 4.79 Å². The largest absolute Gasteiger partial charge is 0.378 e. The van der Waals surface area contributed by atoms with Gasteiger partial charge >= 0.3 is 0 Å². The number of aryl methyl sites for hydroxylation is 1. The lowest BCUT2D eigenvalue weighted by Gasteiger charge is -2.12. The number of anilines is 2. The number of hydrogen-bond donors (Lipinski definition) is 1. The second-order valence-corrected chi connectivity index (χ2v) is 6.56. The van der Waals surface area contributed by atoms with Crippen molar-refractivity contribution in [1.29, 1.82) is 0 Å². The van der Waals surface area contributed by atoms with Crippen LogP contribution in [0.1, 0.15) is 22.8 Å². The van der Waals surface area contributed by atoms with E-state index in [4.69, 9.17) is 0 Å². The molecule has 1 N–H and O–H groups in total. The van der Waals surface area contributed by atoms with Crippen LogP contribution < -0.4 is 10.2 Å². The molecule has 0 radical (unpaired) electrons. The third-order valence-corrected chi connectivity index (χ3v) is 4.69. The molecule has 3 rings (SSSR count). The number of carbonyl (C=O) groups excluding carboxylic acids is 1. The molecule has 23 heavy (non-hydrogen) atoms. The third-order valence-electron chi connectivity index (χ3n) is 3.75. The Hall–Kier alpha value is -2.40. The minimum absolute atomic E-state index is 0.132. The molecule has 3 aromatic rings. The molecule has 2 aromatic carbocycles. The minimum Gasteiger partial charge on any atom is -0.378 e. The average Bonchev–Trinajstić information content (AvgIpc) is 2.97. The number of fused-ring (bicyclic) bond motifs is 1. The minimum atomic E-state index is -0.132. The molecule has 4 nitrogen and oxygen atoms in total. The molecule has 0 aliphatic rings. The number of para-hydroxylation sites is 1. The van der Waals surface area contributed by atoms with Crippen LogP contribution in [0.15, 0.2) is 42.5 Å². The van der Waals surface area contributed by atoms with Crippen molar-refractivity contribution >= 4 is 38.3 Å². The van der Waals surface area contributed by atoms with E-state index in [0.717, 1.165) is 22.3 Å². The van der Waals surface area contributed by atoms with Crippen LogP contribution in [-0.2, 0) is 6.42 Å². The van der Waals surface area contributed by atoms with Crippen molar-refractivity contribution in [3.63, 3.8) is 0 Å². The Morgan fingerprint density at radius 2 is 1.91 bits per heavy atom. The molecule has 1 heterocycles. The number of rotatable bonds is 4. The molecule has 0 unspecified atom stereocenters. The summed E-state index contributed by atoms with van der Waals surface area (Å²) in [4.78, 5) is 18.9. The fraction of sp³-hybridized carbons (Fsp3) is 0.222. The predicted molar refractivity (Wildman–Crippen MR) is 97.7 cm³/mol. The number of benzene rings is 2. The van der Waals surface area contributed by atoms with E-state index in [0.29, 0.717) is 10.7 Å². The lowest BCUT2D eigenvalue weighted by Crippen LogP contribution is -2.13. The summed E-state index contributed by atoms with van der Waals surface area (Å²) in [6.07, 6.45) is 0.931. The Balaban J connectivity index is 1.82. The molecule has 0 aliphatic carbocycles. The van der Waals surface area contributed by atoms with Gasteiger partial charge in [0.15, 0.2) is 5.13 Å². The molecule has 0 saturated heterocycles. The van der Waals surface area contributed by atoms with Crippen LogP contribution in [0, 0.1) is 0 Å². The first-order valence-corrected chi connectivity index (χ1v) is 8.37. The van der Waals surface area contributed by atoms with Gasteiger partial charge in [-0.2, -0.15) is 0 Å². The number of carbonyl (C=O) groups is 1. The van der Waals surface area contributed by atoms with Gasteiger partial charge in [-0.25, -0.2) is 4.98 Å². The van der Waals surface area contributed by atoms with Crippen molar-refractivity contribution in [2.75, 3.05) is 24.3 Å². The van der Waals surface area contributed by atoms with Crippen molar-refractivity contribution in [2.45, 2.75) is 13.3 Å². The smallest absolute Gasteiger partial charge is 0.257 e. The molecule has 0 atom stereocenters. The van der Waals surface area contributed by atoms with E-state index >= 15 is 0 Å². The second kappa shape index (κ2) is 6.38. The van der Waals surface area contributed by atoms with Gasteiger partial charge < -0.3 is 4.90 Å². The van der Waals surface area contributed by atoms with Gasteiger partial charge in [0.2, 0.25) is 0 Å². The number of thiazole rings is 1. The predicted octanol–water partition coefficient (Wildman–Crippen LogP) is 4.18. The Kier molecular flexibility index (Phi) is 4.30. The summed E-state index contributed by atoms with van der Waals surface area (Å²) in [6, 6.07) is 13.7. The van der Waals surface area contributed by atoms with Gasteiger partial charge in [0.1, 0.15) is 0 Å². The van der Waals surface area contributed by atoms with E-state index in [1.807, 2.05) is 55.4 Å². The Labute approximate surface area is 139 Å². The molecule has 1 aromatic heterocycles. The molecule has 0 bridgehead atoms. The highest BCUT2D eigenvalue weighted by Crippen LogP contribution is 2.28. The maximum absolute atomic E-state index is 12.4. The Bertz CT molecular complexity index is 837. The number of amides is 1. The summed E-state index contributed by atoms with van der Waals surface area (Å²) in [7, 11) is 3.95. The number of nitrogens with zero attached hydrogens (tertiary/aromatic N) is 2. The molecular weight excluding hydrogens is 306 g/mol. The molecule has 0 fully saturated rings. The monoisotopic (exact) mass is 325 g/mol. The number of nitrogens with one attached hydrogen (secondary N) is 1. The van der Waals surface area contributed by atoms with Crippen LogP contribution in [0.3, 0.4) is 0 Å². The highest BCUT2D eigenvalue weighted by Gasteiger charge is 2.11. The zero-order valence-corrected chi connectivity index (χ0v) is 14.3. The zero-order chi connectivity index (χ0) is 16.4. The maximum atomic E-state index is 12.4. The second-order valence-electron chi connectivity index (χ2n) is 5.53. The SMILES string of the molecule is CCc1cccc2sc(NC(=O)c3ccc(N(C)C)cc3)nc12. The Morgan fingerprint density at radius 3 is 2.57 bits per heavy atom. The summed E-state index contributed by atoms with van der Waals surface area (Å²) in [5, 5.41) is 3.54. The van der Waals surface area contributed by atoms with E-state index in [1.54, 1.807) is 0 Å². The Morgan fingerprint density at radius 1 is 1.17 bits per heavy atom. The number of hydrogen-bond acceptors (Lipinski definition) is 4. The van der Waals surface area contributed by atoms with E-state index < -0.39 is 0 Å². The number of aromatic nitrogens is 1. The van der Waals surface area contributed by atoms with Crippen LogP contribution in [0.4, 0.5) is 10.8 Å². The van der Waals surface area contributed by atoms with E-state index in [2.05, 4.69) is 23.3 Å². The quantitative estimate of drug-likeness (QED) is 0.783. The van der Waals surface area contributed by atoms with Crippen LogP contribution in [0.2, 0.25) is 0 Å². The van der Waals surface area contributed by atoms with E-state index in [9.17, 15) is 4.79 Å². The molecule has 1 amide bonds. The van der Waals surface area contributed by atoms with Gasteiger partial charge in [0.05, 0.1) is 10.2 Å². The maximum Gasteiger partial charge on any atom is 0.257 e. The van der Waals surface area contributed by atoms with Crippen molar-refractivity contribution in [2.24, 2.45) is 0 Å². The van der Waals surface area contributed by atoms with Gasteiger partial charge in [0.25, 0.3) is 5.91 Å². The standard InChI is InChI=1S/C18H19N3OS/c1-4-12-6-5-7-15-16(12)19-18(23-15)20-17(22)13-8-10-14(11-9-13)21(2)3/h5-11H,4H2,1-3H3,(H,19,20,22). The molecule has 0 aliphatic heterocycles. The van der Waals surface area contributed by atoms with Gasteiger partial charge in [-0.05, 0) is 42.3 Å². The fourth-order valence-electron chi connectivity index (χ4n) is 2.42. The lowest BCUT2D eigenvalue weighted by atomic mass is 10.1. The van der Waals surface area contributed by atoms with Crippen LogP contribution in [0.25, 0.3) is 10.2 Å². The topological polar surface area (TPSA) is 45.2 Å². The van der Waals surface area contributed by atoms with Crippen molar-refractivity contribution in [3.05, 3.63) is 53.6 Å². The summed E-state index contributed by atoms with van der Waals surface area (Å²) < 4.78 is 1.10. The fourth-order valence-corrected chi connectivity index (χ4v) is 3.33. The highest BCUT2D eigenvalue weighted by molar-refractivity contribution is 7.22. The van der Waals surface area contributed by atoms with Crippen LogP contribution in [0.5, 0.6) is 0 Å². The first-order valence-electron chi connectivity index (χ1n) is 7.55. The van der Waals surface area contributed by atoms with Gasteiger partial charge in [-0.1, -0.05) is 30.4 Å². The van der Waals surface area contributed by atoms with Gasteiger partial charge in [-0.3, -0.25) is 10.1 Å². The summed E-state index contributed by atoms with van der Waals surface area (Å²) in [5.74, 6) is -0.132. The third kappa shape index (κ3) is 3.19.